The van der Waals surface area contributed by atoms with E-state index in [9.17, 15) is 27.9 Å². The minimum absolute atomic E-state index is 0.114. The first kappa shape index (κ1) is 25.5. The molecule has 3 aromatic rings. The van der Waals surface area contributed by atoms with Crippen molar-refractivity contribution in [2.24, 2.45) is 5.92 Å². The zero-order chi connectivity index (χ0) is 26.0. The molecule has 1 aliphatic carbocycles. The van der Waals surface area contributed by atoms with E-state index in [1.165, 1.54) is 17.7 Å². The number of aryl methyl sites for hydroxylation is 2. The lowest BCUT2D eigenvalue weighted by Crippen LogP contribution is -2.18. The Morgan fingerprint density at radius 3 is 2.50 bits per heavy atom. The third-order valence-corrected chi connectivity index (χ3v) is 6.41. The molecule has 1 aliphatic rings. The normalized spacial score (nSPS) is 17.3. The number of carbonyl (C=O) groups is 2. The molecule has 0 spiro atoms. The van der Waals surface area contributed by atoms with Crippen molar-refractivity contribution in [3.8, 4) is 0 Å². The number of nitrogens with one attached hydrogen (secondary N) is 1. The van der Waals surface area contributed by atoms with Gasteiger partial charge >= 0.3 is 12.1 Å². The van der Waals surface area contributed by atoms with E-state index in [1.807, 2.05) is 44.2 Å². The highest BCUT2D eigenvalue weighted by molar-refractivity contribution is 6.05. The molecule has 1 amide bonds. The average molecular weight is 500 g/mol. The Hall–Kier alpha value is -3.62. The fourth-order valence-corrected chi connectivity index (χ4v) is 4.41. The third-order valence-electron chi connectivity index (χ3n) is 6.41. The van der Waals surface area contributed by atoms with Crippen molar-refractivity contribution in [2.75, 3.05) is 5.32 Å². The summed E-state index contributed by atoms with van der Waals surface area (Å²) >= 11 is 0. The van der Waals surface area contributed by atoms with Gasteiger partial charge in [0.25, 0.3) is 5.91 Å². The molecule has 9 heteroatoms. The minimum atomic E-state index is -4.68. The van der Waals surface area contributed by atoms with Crippen LogP contribution in [0.15, 0.2) is 54.7 Å². The number of alkyl halides is 3. The Labute approximate surface area is 207 Å². The molecule has 36 heavy (non-hydrogen) atoms. The fourth-order valence-electron chi connectivity index (χ4n) is 4.41. The zero-order valence-electron chi connectivity index (χ0n) is 20.0. The van der Waals surface area contributed by atoms with Crippen LogP contribution in [0.25, 0.3) is 0 Å². The van der Waals surface area contributed by atoms with Crippen LogP contribution in [0.5, 0.6) is 0 Å². The number of aliphatic carboxylic acids is 1. The minimum Gasteiger partial charge on any atom is -0.481 e. The lowest BCUT2D eigenvalue weighted by atomic mass is 10.0. The number of carboxylic acids is 1. The van der Waals surface area contributed by atoms with Gasteiger partial charge in [-0.05, 0) is 54.4 Å². The first-order chi connectivity index (χ1) is 17.0. The van der Waals surface area contributed by atoms with E-state index in [0.29, 0.717) is 24.2 Å². The number of rotatable bonds is 9. The van der Waals surface area contributed by atoms with Gasteiger partial charge in [-0.3, -0.25) is 14.3 Å². The highest BCUT2D eigenvalue weighted by Gasteiger charge is 2.45. The molecular formula is C27H28F3N3O3. The summed E-state index contributed by atoms with van der Waals surface area (Å²) in [5.41, 5.74) is 1.02. The molecule has 2 aromatic carbocycles. The van der Waals surface area contributed by atoms with Gasteiger partial charge in [-0.2, -0.15) is 18.3 Å². The quantitative estimate of drug-likeness (QED) is 0.373. The summed E-state index contributed by atoms with van der Waals surface area (Å²) in [5, 5.41) is 16.1. The molecule has 1 aromatic heterocycles. The average Bonchev–Trinajstić information content (AvgIpc) is 3.51. The maximum atomic E-state index is 13.7. The largest absolute Gasteiger partial charge is 0.481 e. The molecule has 6 nitrogen and oxygen atoms in total. The molecule has 1 heterocycles. The first-order valence-corrected chi connectivity index (χ1v) is 11.9. The first-order valence-electron chi connectivity index (χ1n) is 11.9. The molecular weight excluding hydrogens is 471 g/mol. The van der Waals surface area contributed by atoms with Gasteiger partial charge < -0.3 is 10.4 Å². The van der Waals surface area contributed by atoms with Gasteiger partial charge in [0.15, 0.2) is 0 Å². The van der Waals surface area contributed by atoms with Crippen LogP contribution in [-0.2, 0) is 23.9 Å². The van der Waals surface area contributed by atoms with Gasteiger partial charge in [0.05, 0.1) is 28.4 Å². The number of anilines is 1. The molecule has 190 valence electrons. The molecule has 0 bridgehead atoms. The molecule has 2 N–H and O–H groups in total. The number of halogens is 3. The van der Waals surface area contributed by atoms with E-state index >= 15 is 0 Å². The molecule has 0 unspecified atom stereocenters. The Bertz CT molecular complexity index is 1250. The predicted octanol–water partition coefficient (Wildman–Crippen LogP) is 6.10. The van der Waals surface area contributed by atoms with Gasteiger partial charge in [0.1, 0.15) is 0 Å². The monoisotopic (exact) mass is 499 g/mol. The van der Waals surface area contributed by atoms with Crippen molar-refractivity contribution in [1.82, 2.24) is 9.78 Å². The van der Waals surface area contributed by atoms with Crippen LogP contribution in [-0.4, -0.2) is 26.8 Å². The van der Waals surface area contributed by atoms with E-state index in [1.54, 1.807) is 10.9 Å². The summed E-state index contributed by atoms with van der Waals surface area (Å²) in [4.78, 5) is 24.4. The highest BCUT2D eigenvalue weighted by Crippen LogP contribution is 2.49. The van der Waals surface area contributed by atoms with Crippen LogP contribution in [0, 0.1) is 5.92 Å². The Morgan fingerprint density at radius 1 is 1.17 bits per heavy atom. The van der Waals surface area contributed by atoms with E-state index in [4.69, 9.17) is 0 Å². The number of benzene rings is 2. The zero-order valence-corrected chi connectivity index (χ0v) is 20.0. The molecule has 0 aliphatic heterocycles. The summed E-state index contributed by atoms with van der Waals surface area (Å²) in [6.45, 7) is 4.30. The second kappa shape index (κ2) is 10.2. The summed E-state index contributed by atoms with van der Waals surface area (Å²) in [7, 11) is 0. The van der Waals surface area contributed by atoms with Gasteiger partial charge in [-0.25, -0.2) is 0 Å². The van der Waals surface area contributed by atoms with E-state index < -0.39 is 29.5 Å². The Balaban J connectivity index is 1.55. The summed E-state index contributed by atoms with van der Waals surface area (Å²) in [6.07, 6.45) is -1.12. The smallest absolute Gasteiger partial charge is 0.418 e. The predicted molar refractivity (Wildman–Crippen MR) is 129 cm³/mol. The summed E-state index contributed by atoms with van der Waals surface area (Å²) < 4.78 is 42.7. The van der Waals surface area contributed by atoms with Crippen molar-refractivity contribution in [3.63, 3.8) is 0 Å². The number of hydrogen-bond donors (Lipinski definition) is 2. The van der Waals surface area contributed by atoms with Gasteiger partial charge in [0.2, 0.25) is 0 Å². The SMILES string of the molecule is CC(C)c1nn(CCCc2ccccc2)cc1C(=O)Nc1cc([C@H]2C[C@H]2C(=O)O)ccc1C(F)(F)F. The summed E-state index contributed by atoms with van der Waals surface area (Å²) in [6, 6.07) is 13.4. The maximum absolute atomic E-state index is 13.7. The lowest BCUT2D eigenvalue weighted by Gasteiger charge is -2.15. The number of amides is 1. The third kappa shape index (κ3) is 5.78. The van der Waals surface area contributed by atoms with Crippen LogP contribution in [0.1, 0.15) is 71.3 Å². The second-order valence-electron chi connectivity index (χ2n) is 9.48. The lowest BCUT2D eigenvalue weighted by molar-refractivity contribution is -0.139. The van der Waals surface area contributed by atoms with Crippen molar-refractivity contribution in [2.45, 2.75) is 57.7 Å². The Morgan fingerprint density at radius 2 is 1.89 bits per heavy atom. The number of carboxylic acid groups (broad SMARTS) is 1. The molecule has 0 saturated heterocycles. The van der Waals surface area contributed by atoms with E-state index in [-0.39, 0.29) is 23.1 Å². The van der Waals surface area contributed by atoms with Crippen molar-refractivity contribution in [3.05, 3.63) is 82.7 Å². The fraction of sp³-hybridized carbons (Fsp3) is 0.370. The van der Waals surface area contributed by atoms with Crippen LogP contribution in [0.2, 0.25) is 0 Å². The van der Waals surface area contributed by atoms with Crippen LogP contribution < -0.4 is 5.32 Å². The Kier molecular flexibility index (Phi) is 7.19. The molecule has 4 rings (SSSR count). The number of nitrogens with zero attached hydrogens (tertiary/aromatic N) is 2. The second-order valence-corrected chi connectivity index (χ2v) is 9.48. The number of hydrogen-bond acceptors (Lipinski definition) is 3. The van der Waals surface area contributed by atoms with Crippen LogP contribution in [0.3, 0.4) is 0 Å². The van der Waals surface area contributed by atoms with E-state index in [0.717, 1.165) is 18.9 Å². The standard InChI is InChI=1S/C27H28F3N3O3/c1-16(2)24-21(15-33(32-24)12-6-9-17-7-4-3-5-8-17)25(34)31-23-13-18(19-14-20(19)26(35)36)10-11-22(23)27(28,29)30/h3-5,7-8,10-11,13,15-16,19-20H,6,9,12,14H2,1-2H3,(H,31,34)(H,35,36)/t19-,20-/m1/s1. The van der Waals surface area contributed by atoms with Gasteiger partial charge in [-0.15, -0.1) is 0 Å². The van der Waals surface area contributed by atoms with Crippen LogP contribution in [0.4, 0.5) is 18.9 Å². The molecule has 0 radical (unpaired) electrons. The molecule has 1 saturated carbocycles. The van der Waals surface area contributed by atoms with Gasteiger partial charge in [0, 0.05) is 12.7 Å². The topological polar surface area (TPSA) is 84.2 Å². The van der Waals surface area contributed by atoms with Gasteiger partial charge in [-0.1, -0.05) is 50.2 Å². The number of aromatic nitrogens is 2. The van der Waals surface area contributed by atoms with Crippen LogP contribution >= 0.6 is 0 Å². The van der Waals surface area contributed by atoms with E-state index in [2.05, 4.69) is 10.4 Å². The molecule has 1 fully saturated rings. The van der Waals surface area contributed by atoms with Crippen molar-refractivity contribution >= 4 is 17.6 Å². The van der Waals surface area contributed by atoms with Crippen molar-refractivity contribution in [1.29, 1.82) is 0 Å². The molecule has 2 atom stereocenters. The number of carbonyl (C=O) groups excluding carboxylic acids is 1. The maximum Gasteiger partial charge on any atom is 0.418 e. The summed E-state index contributed by atoms with van der Waals surface area (Å²) in [5.74, 6) is -2.75. The van der Waals surface area contributed by atoms with Crippen molar-refractivity contribution < 1.29 is 27.9 Å². The highest BCUT2D eigenvalue weighted by atomic mass is 19.4.